The molecule has 1 fully saturated rings. The second-order valence-corrected chi connectivity index (χ2v) is 8.64. The van der Waals surface area contributed by atoms with Gasteiger partial charge < -0.3 is 9.64 Å². The zero-order valence-corrected chi connectivity index (χ0v) is 18.0. The van der Waals surface area contributed by atoms with E-state index < -0.39 is 0 Å². The molecule has 1 saturated heterocycles. The molecular weight excluding hydrogens is 400 g/mol. The fourth-order valence-corrected chi connectivity index (χ4v) is 4.60. The number of fused-ring (bicyclic) bond motifs is 1. The minimum atomic E-state index is -0.0410. The van der Waals surface area contributed by atoms with Gasteiger partial charge in [-0.05, 0) is 42.2 Å². The molecule has 0 bridgehead atoms. The van der Waals surface area contributed by atoms with Crippen LogP contribution in [-0.2, 0) is 23.1 Å². The first kappa shape index (κ1) is 19.1. The summed E-state index contributed by atoms with van der Waals surface area (Å²) in [6, 6.07) is 17.8. The molecule has 32 heavy (non-hydrogen) atoms. The molecule has 0 N–H and O–H groups in total. The number of hydrogen-bond donors (Lipinski definition) is 0. The van der Waals surface area contributed by atoms with Gasteiger partial charge in [-0.1, -0.05) is 42.0 Å². The van der Waals surface area contributed by atoms with Gasteiger partial charge in [0.2, 0.25) is 0 Å². The van der Waals surface area contributed by atoms with Crippen LogP contribution in [0.4, 0.5) is 5.69 Å². The Labute approximate surface area is 186 Å². The third-order valence-corrected chi connectivity index (χ3v) is 6.64. The molecule has 7 heteroatoms. The lowest BCUT2D eigenvalue weighted by atomic mass is 9.73. The zero-order valence-electron chi connectivity index (χ0n) is 18.0. The van der Waals surface area contributed by atoms with E-state index in [1.54, 1.807) is 11.0 Å². The highest BCUT2D eigenvalue weighted by Crippen LogP contribution is 2.40. The Balaban J connectivity index is 1.25. The van der Waals surface area contributed by atoms with E-state index >= 15 is 0 Å². The van der Waals surface area contributed by atoms with Gasteiger partial charge in [0.05, 0.1) is 30.9 Å². The molecule has 4 heterocycles. The van der Waals surface area contributed by atoms with Gasteiger partial charge in [0, 0.05) is 18.4 Å². The highest BCUT2D eigenvalue weighted by molar-refractivity contribution is 5.53. The van der Waals surface area contributed by atoms with Crippen molar-refractivity contribution in [1.29, 1.82) is 0 Å². The smallest absolute Gasteiger partial charge is 0.252 e. The molecule has 0 radical (unpaired) electrons. The number of aryl methyl sites for hydroxylation is 1. The highest BCUT2D eigenvalue weighted by atomic mass is 16.5. The molecular formula is C25H24N6O. The molecule has 0 saturated carbocycles. The molecule has 0 atom stereocenters. The topological polar surface area (TPSA) is 69.0 Å². The third kappa shape index (κ3) is 3.17. The van der Waals surface area contributed by atoms with Crippen molar-refractivity contribution in [3.05, 3.63) is 95.3 Å². The summed E-state index contributed by atoms with van der Waals surface area (Å²) in [5.41, 5.74) is 7.33. The number of nitrogens with zero attached hydrogens (tertiary/aromatic N) is 6. The summed E-state index contributed by atoms with van der Waals surface area (Å²) in [5.74, 6) is 0.559. The number of rotatable bonds is 4. The largest absolute Gasteiger partial charge is 0.379 e. The predicted octanol–water partition coefficient (Wildman–Crippen LogP) is 3.24. The normalized spacial score (nSPS) is 17.0. The van der Waals surface area contributed by atoms with E-state index in [1.807, 2.05) is 6.20 Å². The van der Waals surface area contributed by atoms with Crippen LogP contribution in [0.2, 0.25) is 0 Å². The van der Waals surface area contributed by atoms with Crippen LogP contribution < -0.4 is 4.90 Å². The molecule has 2 aromatic heterocycles. The number of anilines is 1. The summed E-state index contributed by atoms with van der Waals surface area (Å²) in [6.07, 6.45) is 5.96. The van der Waals surface area contributed by atoms with Crippen LogP contribution in [-0.4, -0.2) is 44.5 Å². The Morgan fingerprint density at radius 1 is 0.969 bits per heavy atom. The van der Waals surface area contributed by atoms with Crippen molar-refractivity contribution in [2.45, 2.75) is 25.3 Å². The van der Waals surface area contributed by atoms with E-state index in [1.165, 1.54) is 34.3 Å². The van der Waals surface area contributed by atoms with E-state index in [9.17, 15) is 0 Å². The third-order valence-electron chi connectivity index (χ3n) is 6.64. The minimum absolute atomic E-state index is 0.0410. The SMILES string of the molecule is Cc1ccc(C2(c3ccc(N4CCc5cnc(-n6cncn6)nc5C4)cc3)COC2)cc1. The number of aromatic nitrogens is 5. The van der Waals surface area contributed by atoms with Gasteiger partial charge in [-0.25, -0.2) is 15.0 Å². The number of hydrogen-bond acceptors (Lipinski definition) is 6. The average Bonchev–Trinajstić information content (AvgIpc) is 3.34. The summed E-state index contributed by atoms with van der Waals surface area (Å²) < 4.78 is 7.27. The van der Waals surface area contributed by atoms with E-state index in [0.29, 0.717) is 5.95 Å². The molecule has 4 aromatic rings. The first-order valence-electron chi connectivity index (χ1n) is 10.9. The maximum Gasteiger partial charge on any atom is 0.252 e. The second kappa shape index (κ2) is 7.53. The van der Waals surface area contributed by atoms with Crippen LogP contribution in [0.3, 0.4) is 0 Å². The summed E-state index contributed by atoms with van der Waals surface area (Å²) in [7, 11) is 0. The maximum absolute atomic E-state index is 5.67. The minimum Gasteiger partial charge on any atom is -0.379 e. The van der Waals surface area contributed by atoms with Crippen LogP contribution >= 0.6 is 0 Å². The molecule has 6 rings (SSSR count). The average molecular weight is 425 g/mol. The summed E-state index contributed by atoms with van der Waals surface area (Å²) in [5, 5.41) is 4.15. The Hall–Kier alpha value is -3.58. The molecule has 0 amide bonds. The fraction of sp³-hybridized carbons (Fsp3) is 0.280. The summed E-state index contributed by atoms with van der Waals surface area (Å²) in [4.78, 5) is 15.6. The van der Waals surface area contributed by atoms with Crippen LogP contribution in [0.25, 0.3) is 5.95 Å². The second-order valence-electron chi connectivity index (χ2n) is 8.64. The van der Waals surface area contributed by atoms with E-state index in [4.69, 9.17) is 9.72 Å². The lowest BCUT2D eigenvalue weighted by Crippen LogP contribution is -2.47. The van der Waals surface area contributed by atoms with Crippen molar-refractivity contribution in [2.75, 3.05) is 24.7 Å². The van der Waals surface area contributed by atoms with Crippen LogP contribution in [0, 0.1) is 6.92 Å². The number of ether oxygens (including phenoxy) is 1. The summed E-state index contributed by atoms with van der Waals surface area (Å²) in [6.45, 7) is 5.29. The fourth-order valence-electron chi connectivity index (χ4n) is 4.60. The predicted molar refractivity (Wildman–Crippen MR) is 121 cm³/mol. The molecule has 2 aliphatic rings. The highest BCUT2D eigenvalue weighted by Gasteiger charge is 2.42. The quantitative estimate of drug-likeness (QED) is 0.501. The van der Waals surface area contributed by atoms with Crippen LogP contribution in [0.5, 0.6) is 0 Å². The molecule has 0 aliphatic carbocycles. The molecule has 2 aliphatic heterocycles. The van der Waals surface area contributed by atoms with Crippen molar-refractivity contribution >= 4 is 5.69 Å². The molecule has 0 unspecified atom stereocenters. The van der Waals surface area contributed by atoms with E-state index in [2.05, 4.69) is 75.4 Å². The van der Waals surface area contributed by atoms with Gasteiger partial charge in [-0.15, -0.1) is 0 Å². The first-order chi connectivity index (χ1) is 15.7. The van der Waals surface area contributed by atoms with Gasteiger partial charge in [0.1, 0.15) is 12.7 Å². The van der Waals surface area contributed by atoms with Gasteiger partial charge in [-0.3, -0.25) is 0 Å². The Morgan fingerprint density at radius 2 is 1.72 bits per heavy atom. The van der Waals surface area contributed by atoms with Crippen LogP contribution in [0.1, 0.15) is 27.9 Å². The van der Waals surface area contributed by atoms with Crippen LogP contribution in [0.15, 0.2) is 67.4 Å². The van der Waals surface area contributed by atoms with E-state index in [-0.39, 0.29) is 5.41 Å². The lowest BCUT2D eigenvalue weighted by molar-refractivity contribution is -0.0379. The van der Waals surface area contributed by atoms with Crippen molar-refractivity contribution in [3.63, 3.8) is 0 Å². The number of benzene rings is 2. The zero-order chi connectivity index (χ0) is 21.5. The van der Waals surface area contributed by atoms with Crippen molar-refractivity contribution in [2.24, 2.45) is 0 Å². The molecule has 7 nitrogen and oxygen atoms in total. The Bertz CT molecular complexity index is 1230. The standard InChI is InChI=1S/C25H24N6O/c1-18-2-4-20(5-3-18)25(14-32-15-25)21-6-8-22(9-7-21)30-11-10-19-12-27-24(29-23(19)13-30)31-17-26-16-28-31/h2-9,12,16-17H,10-11,13-15H2,1H3. The Kier molecular flexibility index (Phi) is 4.50. The monoisotopic (exact) mass is 424 g/mol. The maximum atomic E-state index is 5.67. The van der Waals surface area contributed by atoms with Gasteiger partial charge >= 0.3 is 0 Å². The molecule has 0 spiro atoms. The Morgan fingerprint density at radius 3 is 2.38 bits per heavy atom. The van der Waals surface area contributed by atoms with Gasteiger partial charge in [-0.2, -0.15) is 9.78 Å². The molecule has 2 aromatic carbocycles. The van der Waals surface area contributed by atoms with Crippen molar-refractivity contribution in [3.8, 4) is 5.95 Å². The van der Waals surface area contributed by atoms with Crippen molar-refractivity contribution in [1.82, 2.24) is 24.7 Å². The van der Waals surface area contributed by atoms with E-state index in [0.717, 1.165) is 38.4 Å². The lowest BCUT2D eigenvalue weighted by Gasteiger charge is -2.43. The first-order valence-corrected chi connectivity index (χ1v) is 10.9. The van der Waals surface area contributed by atoms with Gasteiger partial charge in [0.25, 0.3) is 5.95 Å². The molecule has 160 valence electrons. The van der Waals surface area contributed by atoms with Crippen molar-refractivity contribution < 1.29 is 4.74 Å². The summed E-state index contributed by atoms with van der Waals surface area (Å²) >= 11 is 0. The van der Waals surface area contributed by atoms with Gasteiger partial charge in [0.15, 0.2) is 0 Å².